The van der Waals surface area contributed by atoms with Crippen molar-refractivity contribution in [3.63, 3.8) is 0 Å². The highest BCUT2D eigenvalue weighted by Gasteiger charge is 2.54. The highest BCUT2D eigenvalue weighted by atomic mass is 35.5. The first-order valence-electron chi connectivity index (χ1n) is 9.35. The van der Waals surface area contributed by atoms with Gasteiger partial charge in [-0.3, -0.25) is 10.0 Å². The van der Waals surface area contributed by atoms with E-state index in [2.05, 4.69) is 5.32 Å². The Morgan fingerprint density at radius 3 is 2.58 bits per heavy atom. The molecule has 1 fully saturated rings. The third-order valence-electron chi connectivity index (χ3n) is 5.28. The van der Waals surface area contributed by atoms with E-state index in [1.807, 2.05) is 0 Å². The van der Waals surface area contributed by atoms with Gasteiger partial charge in [0, 0.05) is 29.3 Å². The van der Waals surface area contributed by atoms with Crippen molar-refractivity contribution in [2.75, 3.05) is 20.2 Å². The van der Waals surface area contributed by atoms with E-state index in [4.69, 9.17) is 37.9 Å². The molecule has 8 nitrogen and oxygen atoms in total. The van der Waals surface area contributed by atoms with Gasteiger partial charge in [-0.1, -0.05) is 29.3 Å². The molecule has 2 atom stereocenters. The van der Waals surface area contributed by atoms with Crippen LogP contribution in [0.25, 0.3) is 0 Å². The zero-order valence-corrected chi connectivity index (χ0v) is 18.9. The van der Waals surface area contributed by atoms with Crippen LogP contribution in [0.3, 0.4) is 0 Å². The number of nitrogens with one attached hydrogen (secondary N) is 2. The number of piperidine rings is 1. The number of carbonyl (C=O) groups is 1. The largest absolute Gasteiger partial charge is 0.489 e. The molecule has 1 amide bonds. The average Bonchev–Trinajstić information content (AvgIpc) is 2.78. The van der Waals surface area contributed by atoms with Crippen molar-refractivity contribution >= 4 is 38.9 Å². The summed E-state index contributed by atoms with van der Waals surface area (Å²) in [4.78, 5) is 12.3. The molecule has 2 unspecified atom stereocenters. The Morgan fingerprint density at radius 2 is 1.97 bits per heavy atom. The van der Waals surface area contributed by atoms with E-state index >= 15 is 0 Å². The first-order valence-corrected chi connectivity index (χ1v) is 11.7. The van der Waals surface area contributed by atoms with Crippen molar-refractivity contribution in [3.8, 4) is 5.75 Å². The maximum atomic E-state index is 13.3. The Hall–Kier alpha value is -1.88. The normalized spacial score (nSPS) is 21.5. The van der Waals surface area contributed by atoms with Gasteiger partial charge in [0.2, 0.25) is 0 Å². The van der Waals surface area contributed by atoms with Crippen LogP contribution in [0.4, 0.5) is 0 Å². The quantitative estimate of drug-likeness (QED) is 0.405. The molecule has 168 valence electrons. The summed E-state index contributed by atoms with van der Waals surface area (Å²) in [6, 6.07) is 10.9. The van der Waals surface area contributed by atoms with Crippen LogP contribution in [0.5, 0.6) is 5.75 Å². The molecule has 0 bridgehead atoms. The van der Waals surface area contributed by atoms with Gasteiger partial charge in [-0.05, 0) is 49.4 Å². The van der Waals surface area contributed by atoms with Gasteiger partial charge in [0.1, 0.15) is 17.6 Å². The molecule has 2 aromatic rings. The molecule has 2 aromatic carbocycles. The summed E-state index contributed by atoms with van der Waals surface area (Å²) in [5, 5.41) is 11.9. The van der Waals surface area contributed by atoms with Gasteiger partial charge in [0.05, 0.1) is 4.90 Å². The van der Waals surface area contributed by atoms with Crippen molar-refractivity contribution in [3.05, 3.63) is 58.1 Å². The predicted octanol–water partition coefficient (Wildman–Crippen LogP) is 2.60. The van der Waals surface area contributed by atoms with Crippen molar-refractivity contribution < 1.29 is 27.9 Å². The van der Waals surface area contributed by atoms with Crippen LogP contribution in [0, 0.1) is 0 Å². The number of amides is 1. The number of ether oxygens (including phenoxy) is 2. The number of hydroxylamine groups is 1. The van der Waals surface area contributed by atoms with Gasteiger partial charge in [-0.2, -0.15) is 0 Å². The van der Waals surface area contributed by atoms with Crippen molar-refractivity contribution in [2.45, 2.75) is 28.8 Å². The van der Waals surface area contributed by atoms with Crippen LogP contribution < -0.4 is 15.5 Å². The molecule has 3 rings (SSSR count). The number of halogens is 2. The Kier molecular flexibility index (Phi) is 7.46. The zero-order chi connectivity index (χ0) is 22.6. The van der Waals surface area contributed by atoms with E-state index in [0.29, 0.717) is 22.3 Å². The topological polar surface area (TPSA) is 114 Å². The van der Waals surface area contributed by atoms with E-state index in [-0.39, 0.29) is 24.5 Å². The summed E-state index contributed by atoms with van der Waals surface area (Å²) < 4.78 is 37.6. The number of hydrogen-bond acceptors (Lipinski definition) is 7. The lowest BCUT2D eigenvalue weighted by atomic mass is 9.92. The van der Waals surface area contributed by atoms with E-state index in [9.17, 15) is 13.2 Å². The van der Waals surface area contributed by atoms with E-state index in [1.54, 1.807) is 18.2 Å². The maximum absolute atomic E-state index is 13.3. The smallest absolute Gasteiger partial charge is 0.278 e. The lowest BCUT2D eigenvalue weighted by molar-refractivity contribution is -0.153. The molecular formula is C20H22Cl2N2O6S. The summed E-state index contributed by atoms with van der Waals surface area (Å²) >= 11 is 12.0. The van der Waals surface area contributed by atoms with Gasteiger partial charge in [0.15, 0.2) is 15.4 Å². The average molecular weight is 489 g/mol. The first-order chi connectivity index (χ1) is 14.7. The summed E-state index contributed by atoms with van der Waals surface area (Å²) in [5.41, 5.74) is 0.498. The SMILES string of the molecule is COC1(C(=O)NO)CNCCC1S(=O)(=O)c1ccc(OCc2ccc(Cl)cc2Cl)cc1. The standard InChI is InChI=1S/C20H22Cl2N2O6S/c1-29-20(19(25)24-26)12-23-9-8-18(20)31(27,28)16-6-4-15(5-7-16)30-11-13-2-3-14(21)10-17(13)22/h2-7,10,18,23,26H,8-9,11-12H2,1H3,(H,24,25). The molecule has 0 radical (unpaired) electrons. The number of rotatable bonds is 7. The molecule has 1 heterocycles. The predicted molar refractivity (Wildman–Crippen MR) is 115 cm³/mol. The highest BCUT2D eigenvalue weighted by Crippen LogP contribution is 2.33. The Bertz CT molecular complexity index is 1050. The number of hydrogen-bond donors (Lipinski definition) is 3. The second-order valence-corrected chi connectivity index (χ2v) is 10.0. The fraction of sp³-hybridized carbons (Fsp3) is 0.350. The molecule has 11 heteroatoms. The number of carbonyl (C=O) groups excluding carboxylic acids is 1. The number of sulfone groups is 1. The van der Waals surface area contributed by atoms with E-state index in [0.717, 1.165) is 5.56 Å². The Morgan fingerprint density at radius 1 is 1.26 bits per heavy atom. The molecule has 1 aliphatic heterocycles. The molecule has 1 saturated heterocycles. The van der Waals surface area contributed by atoms with Gasteiger partial charge >= 0.3 is 0 Å². The molecule has 0 aromatic heterocycles. The third kappa shape index (κ3) is 4.82. The van der Waals surface area contributed by atoms with Crippen molar-refractivity contribution in [1.82, 2.24) is 10.8 Å². The third-order valence-corrected chi connectivity index (χ3v) is 8.16. The molecule has 0 spiro atoms. The van der Waals surface area contributed by atoms with Crippen LogP contribution in [0.15, 0.2) is 47.4 Å². The molecule has 0 aliphatic carbocycles. The first kappa shape index (κ1) is 23.8. The van der Waals surface area contributed by atoms with Crippen LogP contribution in [-0.4, -0.2) is 50.6 Å². The van der Waals surface area contributed by atoms with Gasteiger partial charge in [-0.15, -0.1) is 0 Å². The van der Waals surface area contributed by atoms with Gasteiger partial charge in [-0.25, -0.2) is 13.9 Å². The second-order valence-electron chi connectivity index (χ2n) is 7.03. The highest BCUT2D eigenvalue weighted by molar-refractivity contribution is 7.92. The van der Waals surface area contributed by atoms with Crippen LogP contribution in [0.1, 0.15) is 12.0 Å². The molecular weight excluding hydrogens is 467 g/mol. The van der Waals surface area contributed by atoms with Crippen molar-refractivity contribution in [2.24, 2.45) is 0 Å². The lowest BCUT2D eigenvalue weighted by Crippen LogP contribution is -2.66. The van der Waals surface area contributed by atoms with Crippen molar-refractivity contribution in [1.29, 1.82) is 0 Å². The van der Waals surface area contributed by atoms with Gasteiger partial charge in [0.25, 0.3) is 5.91 Å². The zero-order valence-electron chi connectivity index (χ0n) is 16.6. The number of methoxy groups -OCH3 is 1. The fourth-order valence-electron chi connectivity index (χ4n) is 3.57. The van der Waals surface area contributed by atoms with Crippen LogP contribution >= 0.6 is 23.2 Å². The van der Waals surface area contributed by atoms with E-state index < -0.39 is 26.6 Å². The molecule has 31 heavy (non-hydrogen) atoms. The summed E-state index contributed by atoms with van der Waals surface area (Å²) in [6.07, 6.45) is 0.136. The summed E-state index contributed by atoms with van der Waals surface area (Å²) in [5.74, 6) is -0.475. The minimum Gasteiger partial charge on any atom is -0.489 e. The Labute approximate surface area is 190 Å². The van der Waals surface area contributed by atoms with Crippen LogP contribution in [0.2, 0.25) is 10.0 Å². The summed E-state index contributed by atoms with van der Waals surface area (Å²) in [6.45, 7) is 0.513. The summed E-state index contributed by atoms with van der Waals surface area (Å²) in [7, 11) is -2.72. The Balaban J connectivity index is 1.80. The molecule has 1 aliphatic rings. The minimum absolute atomic E-state index is 0.0171. The lowest BCUT2D eigenvalue weighted by Gasteiger charge is -2.40. The number of benzene rings is 2. The second kappa shape index (κ2) is 9.72. The maximum Gasteiger partial charge on any atom is 0.278 e. The molecule has 3 N–H and O–H groups in total. The van der Waals surface area contributed by atoms with E-state index in [1.165, 1.54) is 36.9 Å². The minimum atomic E-state index is -3.96. The monoisotopic (exact) mass is 488 g/mol. The fourth-order valence-corrected chi connectivity index (χ4v) is 6.09. The van der Waals surface area contributed by atoms with Crippen LogP contribution in [-0.2, 0) is 26.0 Å². The van der Waals surface area contributed by atoms with Gasteiger partial charge < -0.3 is 14.8 Å². The molecule has 0 saturated carbocycles.